The van der Waals surface area contributed by atoms with Crippen molar-refractivity contribution in [2.75, 3.05) is 7.11 Å². The number of hydrazone groups is 1. The van der Waals surface area contributed by atoms with Crippen molar-refractivity contribution in [3.05, 3.63) is 35.9 Å². The SMILES string of the molecule is COC(=O)N/N=C(/C)CCc1ccccc1. The summed E-state index contributed by atoms with van der Waals surface area (Å²) >= 11 is 0. The van der Waals surface area contributed by atoms with Crippen molar-refractivity contribution in [3.8, 4) is 0 Å². The van der Waals surface area contributed by atoms with Gasteiger partial charge in [-0.25, -0.2) is 10.2 Å². The summed E-state index contributed by atoms with van der Waals surface area (Å²) in [4.78, 5) is 10.8. The van der Waals surface area contributed by atoms with Gasteiger partial charge in [-0.15, -0.1) is 0 Å². The molecule has 0 aromatic heterocycles. The van der Waals surface area contributed by atoms with E-state index < -0.39 is 6.09 Å². The van der Waals surface area contributed by atoms with E-state index in [1.165, 1.54) is 12.7 Å². The van der Waals surface area contributed by atoms with E-state index in [4.69, 9.17) is 0 Å². The van der Waals surface area contributed by atoms with Gasteiger partial charge in [0.15, 0.2) is 0 Å². The zero-order valence-electron chi connectivity index (χ0n) is 9.56. The van der Waals surface area contributed by atoms with Gasteiger partial charge < -0.3 is 4.74 Å². The van der Waals surface area contributed by atoms with Gasteiger partial charge in [-0.05, 0) is 25.3 Å². The fourth-order valence-electron chi connectivity index (χ4n) is 1.21. The lowest BCUT2D eigenvalue weighted by Crippen LogP contribution is -2.18. The van der Waals surface area contributed by atoms with Crippen molar-refractivity contribution < 1.29 is 9.53 Å². The van der Waals surface area contributed by atoms with Crippen LogP contribution in [0.2, 0.25) is 0 Å². The predicted octanol–water partition coefficient (Wildman–Crippen LogP) is 2.35. The molecule has 0 spiro atoms. The average Bonchev–Trinajstić information content (AvgIpc) is 2.34. The Balaban J connectivity index is 2.35. The maximum Gasteiger partial charge on any atom is 0.427 e. The number of aryl methyl sites for hydroxylation is 1. The van der Waals surface area contributed by atoms with Crippen LogP contribution in [0.15, 0.2) is 35.4 Å². The number of methoxy groups -OCH3 is 1. The Morgan fingerprint density at radius 2 is 2.06 bits per heavy atom. The molecule has 1 aromatic carbocycles. The number of amides is 1. The normalized spacial score (nSPS) is 11.0. The summed E-state index contributed by atoms with van der Waals surface area (Å²) in [7, 11) is 1.31. The van der Waals surface area contributed by atoms with E-state index in [2.05, 4.69) is 27.4 Å². The average molecular weight is 220 g/mol. The van der Waals surface area contributed by atoms with E-state index in [1.807, 2.05) is 25.1 Å². The molecule has 1 rings (SSSR count). The Bertz CT molecular complexity index is 361. The Kier molecular flexibility index (Phi) is 5.05. The summed E-state index contributed by atoms with van der Waals surface area (Å²) in [5.74, 6) is 0. The van der Waals surface area contributed by atoms with E-state index in [-0.39, 0.29) is 0 Å². The van der Waals surface area contributed by atoms with Crippen LogP contribution in [-0.4, -0.2) is 18.9 Å². The van der Waals surface area contributed by atoms with Gasteiger partial charge in [-0.1, -0.05) is 30.3 Å². The summed E-state index contributed by atoms with van der Waals surface area (Å²) < 4.78 is 4.41. The standard InChI is InChI=1S/C12H16N2O2/c1-10(13-14-12(15)16-2)8-9-11-6-4-3-5-7-11/h3-7H,8-9H2,1-2H3,(H,14,15)/b13-10-. The molecular weight excluding hydrogens is 204 g/mol. The van der Waals surface area contributed by atoms with Gasteiger partial charge >= 0.3 is 6.09 Å². The zero-order chi connectivity index (χ0) is 11.8. The number of hydrogen-bond donors (Lipinski definition) is 1. The lowest BCUT2D eigenvalue weighted by Gasteiger charge is -2.02. The van der Waals surface area contributed by atoms with Crippen LogP contribution < -0.4 is 5.43 Å². The van der Waals surface area contributed by atoms with E-state index in [0.717, 1.165) is 18.6 Å². The molecule has 0 aliphatic heterocycles. The Labute approximate surface area is 95.3 Å². The molecule has 1 aromatic rings. The van der Waals surface area contributed by atoms with Crippen LogP contribution in [0.5, 0.6) is 0 Å². The number of nitrogens with zero attached hydrogens (tertiary/aromatic N) is 1. The minimum atomic E-state index is -0.543. The van der Waals surface area contributed by atoms with Gasteiger partial charge in [0.05, 0.1) is 7.11 Å². The molecule has 0 heterocycles. The topological polar surface area (TPSA) is 50.7 Å². The first kappa shape index (κ1) is 12.2. The lowest BCUT2D eigenvalue weighted by atomic mass is 10.1. The van der Waals surface area contributed by atoms with E-state index >= 15 is 0 Å². The van der Waals surface area contributed by atoms with Crippen molar-refractivity contribution in [1.82, 2.24) is 5.43 Å². The number of ether oxygens (including phenoxy) is 1. The molecule has 0 saturated heterocycles. The number of carbonyl (C=O) groups is 1. The van der Waals surface area contributed by atoms with Crippen LogP contribution in [0.25, 0.3) is 0 Å². The molecule has 16 heavy (non-hydrogen) atoms. The first-order valence-corrected chi connectivity index (χ1v) is 5.13. The van der Waals surface area contributed by atoms with Gasteiger partial charge in [0.25, 0.3) is 0 Å². The second-order valence-corrected chi connectivity index (χ2v) is 3.44. The number of hydrogen-bond acceptors (Lipinski definition) is 3. The summed E-state index contributed by atoms with van der Waals surface area (Å²) in [5, 5.41) is 3.90. The van der Waals surface area contributed by atoms with Crippen molar-refractivity contribution in [1.29, 1.82) is 0 Å². The monoisotopic (exact) mass is 220 g/mol. The first-order valence-electron chi connectivity index (χ1n) is 5.13. The molecule has 4 heteroatoms. The summed E-state index contributed by atoms with van der Waals surface area (Å²) in [6, 6.07) is 10.1. The maximum absolute atomic E-state index is 10.8. The quantitative estimate of drug-likeness (QED) is 0.625. The molecular formula is C12H16N2O2. The molecule has 0 unspecified atom stereocenters. The predicted molar refractivity (Wildman–Crippen MR) is 63.4 cm³/mol. The summed E-state index contributed by atoms with van der Waals surface area (Å²) in [5.41, 5.74) is 4.42. The number of carbonyl (C=O) groups excluding carboxylic acids is 1. The van der Waals surface area contributed by atoms with E-state index in [9.17, 15) is 4.79 Å². The maximum atomic E-state index is 10.8. The molecule has 1 amide bonds. The fourth-order valence-corrected chi connectivity index (χ4v) is 1.21. The zero-order valence-corrected chi connectivity index (χ0v) is 9.56. The third kappa shape index (κ3) is 4.59. The van der Waals surface area contributed by atoms with Gasteiger partial charge in [0, 0.05) is 5.71 Å². The first-order chi connectivity index (χ1) is 7.72. The second-order valence-electron chi connectivity index (χ2n) is 3.44. The van der Waals surface area contributed by atoms with Crippen LogP contribution in [0.3, 0.4) is 0 Å². The number of benzene rings is 1. The Morgan fingerprint density at radius 3 is 2.69 bits per heavy atom. The van der Waals surface area contributed by atoms with Crippen LogP contribution in [0, 0.1) is 0 Å². The highest BCUT2D eigenvalue weighted by atomic mass is 16.5. The third-order valence-electron chi connectivity index (χ3n) is 2.14. The third-order valence-corrected chi connectivity index (χ3v) is 2.14. The van der Waals surface area contributed by atoms with Gasteiger partial charge in [-0.2, -0.15) is 5.10 Å². The highest BCUT2D eigenvalue weighted by Gasteiger charge is 1.97. The minimum absolute atomic E-state index is 0.543. The van der Waals surface area contributed by atoms with Crippen molar-refractivity contribution in [3.63, 3.8) is 0 Å². The molecule has 4 nitrogen and oxygen atoms in total. The van der Waals surface area contributed by atoms with Crippen LogP contribution in [0.4, 0.5) is 4.79 Å². The van der Waals surface area contributed by atoms with Crippen molar-refractivity contribution >= 4 is 11.8 Å². The summed E-state index contributed by atoms with van der Waals surface area (Å²) in [6.07, 6.45) is 1.19. The Hall–Kier alpha value is -1.84. The smallest absolute Gasteiger partial charge is 0.427 e. The molecule has 0 aliphatic carbocycles. The number of nitrogens with one attached hydrogen (secondary N) is 1. The highest BCUT2D eigenvalue weighted by Crippen LogP contribution is 2.02. The Morgan fingerprint density at radius 1 is 1.38 bits per heavy atom. The van der Waals surface area contributed by atoms with E-state index in [0.29, 0.717) is 0 Å². The highest BCUT2D eigenvalue weighted by molar-refractivity contribution is 5.83. The summed E-state index contributed by atoms with van der Waals surface area (Å²) in [6.45, 7) is 1.87. The molecule has 0 radical (unpaired) electrons. The van der Waals surface area contributed by atoms with E-state index in [1.54, 1.807) is 0 Å². The largest absolute Gasteiger partial charge is 0.452 e. The van der Waals surface area contributed by atoms with Gasteiger partial charge in [0.2, 0.25) is 0 Å². The number of rotatable bonds is 4. The van der Waals surface area contributed by atoms with Crippen molar-refractivity contribution in [2.45, 2.75) is 19.8 Å². The molecule has 0 fully saturated rings. The van der Waals surface area contributed by atoms with Crippen LogP contribution in [0.1, 0.15) is 18.9 Å². The van der Waals surface area contributed by atoms with Gasteiger partial charge in [-0.3, -0.25) is 0 Å². The molecule has 86 valence electrons. The van der Waals surface area contributed by atoms with Crippen molar-refractivity contribution in [2.24, 2.45) is 5.10 Å². The second kappa shape index (κ2) is 6.61. The van der Waals surface area contributed by atoms with Crippen LogP contribution >= 0.6 is 0 Å². The molecule has 0 atom stereocenters. The van der Waals surface area contributed by atoms with Crippen LogP contribution in [-0.2, 0) is 11.2 Å². The molecule has 0 bridgehead atoms. The minimum Gasteiger partial charge on any atom is -0.452 e. The molecule has 0 saturated carbocycles. The van der Waals surface area contributed by atoms with Gasteiger partial charge in [0.1, 0.15) is 0 Å². The lowest BCUT2D eigenvalue weighted by molar-refractivity contribution is 0.171. The fraction of sp³-hybridized carbons (Fsp3) is 0.333. The molecule has 0 aliphatic rings. The molecule has 1 N–H and O–H groups in total.